The van der Waals surface area contributed by atoms with Gasteiger partial charge in [-0.2, -0.15) is 0 Å². The van der Waals surface area contributed by atoms with Crippen molar-refractivity contribution < 1.29 is 4.74 Å². The summed E-state index contributed by atoms with van der Waals surface area (Å²) in [7, 11) is 1.73. The quantitative estimate of drug-likeness (QED) is 0.690. The minimum Gasteiger partial charge on any atom is -0.384 e. The maximum atomic E-state index is 5.27. The summed E-state index contributed by atoms with van der Waals surface area (Å²) in [6, 6.07) is 0. The highest BCUT2D eigenvalue weighted by atomic mass is 127. The fourth-order valence-corrected chi connectivity index (χ4v) is 3.73. The van der Waals surface area contributed by atoms with Crippen LogP contribution in [0.1, 0.15) is 69.3 Å². The summed E-state index contributed by atoms with van der Waals surface area (Å²) in [5, 5.41) is 3.46. The van der Waals surface area contributed by atoms with Gasteiger partial charge in [0.05, 0.1) is 15.9 Å². The van der Waals surface area contributed by atoms with Gasteiger partial charge in [0.15, 0.2) is 0 Å². The molecule has 1 aliphatic carbocycles. The highest BCUT2D eigenvalue weighted by molar-refractivity contribution is 14.1. The summed E-state index contributed by atoms with van der Waals surface area (Å²) in [4.78, 5) is 9.65. The van der Waals surface area contributed by atoms with Crippen LogP contribution in [-0.4, -0.2) is 30.2 Å². The molecular formula is C16H26IN3O. The summed E-state index contributed by atoms with van der Waals surface area (Å²) in [6.07, 6.45) is 6.27. The Kier molecular flexibility index (Phi) is 6.67. The summed E-state index contributed by atoms with van der Waals surface area (Å²) in [6.45, 7) is 5.92. The van der Waals surface area contributed by atoms with Crippen LogP contribution >= 0.6 is 22.6 Å². The molecule has 5 heteroatoms. The van der Waals surface area contributed by atoms with Gasteiger partial charge in [-0.05, 0) is 41.9 Å². The van der Waals surface area contributed by atoms with Gasteiger partial charge < -0.3 is 10.1 Å². The maximum absolute atomic E-state index is 5.27. The van der Waals surface area contributed by atoms with Crippen molar-refractivity contribution in [3.8, 4) is 0 Å². The smallest absolute Gasteiger partial charge is 0.143 e. The number of anilines is 1. The lowest BCUT2D eigenvalue weighted by molar-refractivity contribution is 0.181. The molecule has 4 nitrogen and oxygen atoms in total. The van der Waals surface area contributed by atoms with Gasteiger partial charge in [0.25, 0.3) is 0 Å². The molecule has 2 rings (SSSR count). The second-order valence-electron chi connectivity index (χ2n) is 5.89. The van der Waals surface area contributed by atoms with Gasteiger partial charge in [-0.3, -0.25) is 0 Å². The number of methoxy groups -OCH3 is 1. The average molecular weight is 403 g/mol. The van der Waals surface area contributed by atoms with E-state index >= 15 is 0 Å². The van der Waals surface area contributed by atoms with E-state index in [1.54, 1.807) is 7.11 Å². The first kappa shape index (κ1) is 16.9. The van der Waals surface area contributed by atoms with Crippen molar-refractivity contribution in [2.75, 3.05) is 25.6 Å². The Morgan fingerprint density at radius 3 is 2.67 bits per heavy atom. The molecule has 1 aromatic rings. The highest BCUT2D eigenvalue weighted by Gasteiger charge is 2.25. The molecule has 0 amide bonds. The second kappa shape index (κ2) is 8.27. The Balaban J connectivity index is 2.34. The van der Waals surface area contributed by atoms with Crippen molar-refractivity contribution in [2.45, 2.75) is 57.8 Å². The molecule has 1 unspecified atom stereocenters. The zero-order valence-electron chi connectivity index (χ0n) is 13.3. The molecule has 1 aliphatic rings. The number of hydrogen-bond acceptors (Lipinski definition) is 4. The number of halogens is 1. The normalized spacial score (nSPS) is 17.1. The van der Waals surface area contributed by atoms with E-state index in [1.165, 1.54) is 34.9 Å². The van der Waals surface area contributed by atoms with E-state index in [9.17, 15) is 0 Å². The predicted molar refractivity (Wildman–Crippen MR) is 95.0 cm³/mol. The Bertz CT molecular complexity index is 461. The summed E-state index contributed by atoms with van der Waals surface area (Å²) in [5.41, 5.74) is 1.25. The van der Waals surface area contributed by atoms with Crippen LogP contribution in [0, 0.1) is 3.57 Å². The fraction of sp³-hybridized carbons (Fsp3) is 0.750. The van der Waals surface area contributed by atoms with Gasteiger partial charge in [-0.25, -0.2) is 9.97 Å². The molecule has 0 bridgehead atoms. The fourth-order valence-electron chi connectivity index (χ4n) is 2.86. The van der Waals surface area contributed by atoms with Crippen LogP contribution in [-0.2, 0) is 4.74 Å². The summed E-state index contributed by atoms with van der Waals surface area (Å²) < 4.78 is 6.48. The second-order valence-corrected chi connectivity index (χ2v) is 6.97. The zero-order chi connectivity index (χ0) is 15.2. The third-order valence-electron chi connectivity index (χ3n) is 4.04. The SMILES string of the molecule is CCCNc1nc(C(C)COC)nc(C2CCCC2)c1I. The van der Waals surface area contributed by atoms with Gasteiger partial charge in [0, 0.05) is 25.5 Å². The molecule has 1 saturated carbocycles. The van der Waals surface area contributed by atoms with Crippen LogP contribution in [0.15, 0.2) is 0 Å². The largest absolute Gasteiger partial charge is 0.384 e. The van der Waals surface area contributed by atoms with Crippen LogP contribution in [0.2, 0.25) is 0 Å². The first-order valence-electron chi connectivity index (χ1n) is 7.97. The van der Waals surface area contributed by atoms with Crippen molar-refractivity contribution in [1.29, 1.82) is 0 Å². The Morgan fingerprint density at radius 2 is 2.05 bits per heavy atom. The van der Waals surface area contributed by atoms with Crippen LogP contribution in [0.25, 0.3) is 0 Å². The number of nitrogens with zero attached hydrogens (tertiary/aromatic N) is 2. The summed E-state index contributed by atoms with van der Waals surface area (Å²) >= 11 is 2.41. The number of rotatable bonds is 7. The standard InChI is InChI=1S/C16H26IN3O/c1-4-9-18-16-13(17)14(12-7-5-6-8-12)19-15(20-16)11(2)10-21-3/h11-12H,4-10H2,1-3H3,(H,18,19,20). The molecule has 21 heavy (non-hydrogen) atoms. The molecule has 0 aromatic carbocycles. The van der Waals surface area contributed by atoms with Gasteiger partial charge >= 0.3 is 0 Å². The number of aromatic nitrogens is 2. The highest BCUT2D eigenvalue weighted by Crippen LogP contribution is 2.37. The van der Waals surface area contributed by atoms with Crippen molar-refractivity contribution >= 4 is 28.4 Å². The van der Waals surface area contributed by atoms with E-state index in [0.717, 1.165) is 24.6 Å². The Hall–Kier alpha value is -0.430. The molecule has 1 N–H and O–H groups in total. The predicted octanol–water partition coefficient (Wildman–Crippen LogP) is 4.31. The monoisotopic (exact) mass is 403 g/mol. The molecule has 0 saturated heterocycles. The first-order chi connectivity index (χ1) is 10.2. The van der Waals surface area contributed by atoms with E-state index in [-0.39, 0.29) is 5.92 Å². The lowest BCUT2D eigenvalue weighted by atomic mass is 10.0. The number of nitrogens with one attached hydrogen (secondary N) is 1. The van der Waals surface area contributed by atoms with Crippen LogP contribution in [0.4, 0.5) is 5.82 Å². The molecule has 1 heterocycles. The maximum Gasteiger partial charge on any atom is 0.143 e. The van der Waals surface area contributed by atoms with Crippen molar-refractivity contribution in [2.24, 2.45) is 0 Å². The van der Waals surface area contributed by atoms with E-state index < -0.39 is 0 Å². The first-order valence-corrected chi connectivity index (χ1v) is 9.05. The van der Waals surface area contributed by atoms with E-state index in [4.69, 9.17) is 14.7 Å². The third kappa shape index (κ3) is 4.28. The third-order valence-corrected chi connectivity index (χ3v) is 5.10. The molecule has 0 aliphatic heterocycles. The van der Waals surface area contributed by atoms with E-state index in [1.807, 2.05) is 0 Å². The number of ether oxygens (including phenoxy) is 1. The molecule has 118 valence electrons. The minimum atomic E-state index is 0.231. The van der Waals surface area contributed by atoms with Crippen molar-refractivity contribution in [1.82, 2.24) is 9.97 Å². The zero-order valence-corrected chi connectivity index (χ0v) is 15.4. The molecule has 1 aromatic heterocycles. The lowest BCUT2D eigenvalue weighted by Gasteiger charge is -2.18. The Morgan fingerprint density at radius 1 is 1.33 bits per heavy atom. The van der Waals surface area contributed by atoms with E-state index in [2.05, 4.69) is 41.8 Å². The molecule has 1 fully saturated rings. The topological polar surface area (TPSA) is 47.0 Å². The molecule has 0 radical (unpaired) electrons. The van der Waals surface area contributed by atoms with Gasteiger partial charge in [-0.15, -0.1) is 0 Å². The van der Waals surface area contributed by atoms with Crippen LogP contribution in [0.3, 0.4) is 0 Å². The van der Waals surface area contributed by atoms with Crippen LogP contribution < -0.4 is 5.32 Å². The van der Waals surface area contributed by atoms with Crippen LogP contribution in [0.5, 0.6) is 0 Å². The molecular weight excluding hydrogens is 377 g/mol. The summed E-state index contributed by atoms with van der Waals surface area (Å²) in [5.74, 6) is 2.76. The average Bonchev–Trinajstić information content (AvgIpc) is 3.00. The van der Waals surface area contributed by atoms with Crippen molar-refractivity contribution in [3.05, 3.63) is 15.1 Å². The minimum absolute atomic E-state index is 0.231. The van der Waals surface area contributed by atoms with E-state index in [0.29, 0.717) is 12.5 Å². The van der Waals surface area contributed by atoms with Gasteiger partial charge in [0.2, 0.25) is 0 Å². The Labute approximate surface area is 141 Å². The molecule has 1 atom stereocenters. The van der Waals surface area contributed by atoms with Gasteiger partial charge in [0.1, 0.15) is 11.6 Å². The van der Waals surface area contributed by atoms with Crippen molar-refractivity contribution in [3.63, 3.8) is 0 Å². The molecule has 0 spiro atoms. The lowest BCUT2D eigenvalue weighted by Crippen LogP contribution is -2.15. The van der Waals surface area contributed by atoms with Gasteiger partial charge in [-0.1, -0.05) is 26.7 Å². The number of hydrogen-bond donors (Lipinski definition) is 1.